The number of amides is 1. The molecule has 0 unspecified atom stereocenters. The molecule has 1 aromatic heterocycles. The number of methoxy groups -OCH3 is 1. The van der Waals surface area contributed by atoms with Gasteiger partial charge in [0, 0.05) is 11.1 Å². The molecular formula is C22H25N3O4. The zero-order chi connectivity index (χ0) is 20.9. The number of ether oxygens (including phenoxy) is 2. The topological polar surface area (TPSA) is 77.7 Å². The number of rotatable bonds is 7. The van der Waals surface area contributed by atoms with E-state index in [2.05, 4.69) is 10.1 Å². The standard InChI is InChI=1S/C22H25N3O4/c1-22(2,3)25(20(26)15-28-18-12-10-17(27-4)11-13-18)14-19-23-21(24-29-19)16-8-6-5-7-9-16/h5-13H,14-15H2,1-4H3. The van der Waals surface area contributed by atoms with E-state index in [1.165, 1.54) is 0 Å². The van der Waals surface area contributed by atoms with Crippen molar-refractivity contribution in [3.05, 3.63) is 60.5 Å². The van der Waals surface area contributed by atoms with Gasteiger partial charge in [0.05, 0.1) is 7.11 Å². The maximum absolute atomic E-state index is 12.9. The minimum absolute atomic E-state index is 0.0940. The highest BCUT2D eigenvalue weighted by Crippen LogP contribution is 2.21. The van der Waals surface area contributed by atoms with Crippen LogP contribution >= 0.6 is 0 Å². The van der Waals surface area contributed by atoms with Crippen LogP contribution in [0.25, 0.3) is 11.4 Å². The van der Waals surface area contributed by atoms with Gasteiger partial charge in [-0.3, -0.25) is 4.79 Å². The van der Waals surface area contributed by atoms with Gasteiger partial charge in [-0.2, -0.15) is 4.98 Å². The summed E-state index contributed by atoms with van der Waals surface area (Å²) < 4.78 is 16.1. The quantitative estimate of drug-likeness (QED) is 0.603. The lowest BCUT2D eigenvalue weighted by Crippen LogP contribution is -2.47. The van der Waals surface area contributed by atoms with Gasteiger partial charge in [0.2, 0.25) is 11.7 Å². The van der Waals surface area contributed by atoms with Gasteiger partial charge in [0.15, 0.2) is 6.61 Å². The van der Waals surface area contributed by atoms with Crippen LogP contribution in [-0.4, -0.2) is 40.2 Å². The molecule has 0 saturated heterocycles. The van der Waals surface area contributed by atoms with Crippen molar-refractivity contribution >= 4 is 5.91 Å². The Kier molecular flexibility index (Phi) is 6.16. The lowest BCUT2D eigenvalue weighted by atomic mass is 10.1. The number of hydrogen-bond donors (Lipinski definition) is 0. The highest BCUT2D eigenvalue weighted by atomic mass is 16.5. The molecule has 1 amide bonds. The molecule has 0 radical (unpaired) electrons. The van der Waals surface area contributed by atoms with Crippen molar-refractivity contribution in [3.8, 4) is 22.9 Å². The molecule has 2 aromatic carbocycles. The molecule has 0 spiro atoms. The monoisotopic (exact) mass is 395 g/mol. The zero-order valence-corrected chi connectivity index (χ0v) is 17.1. The van der Waals surface area contributed by atoms with Crippen LogP contribution in [0.5, 0.6) is 11.5 Å². The fraction of sp³-hybridized carbons (Fsp3) is 0.318. The van der Waals surface area contributed by atoms with E-state index >= 15 is 0 Å². The van der Waals surface area contributed by atoms with Crippen LogP contribution in [0.1, 0.15) is 26.7 Å². The largest absolute Gasteiger partial charge is 0.497 e. The van der Waals surface area contributed by atoms with Crippen molar-refractivity contribution < 1.29 is 18.8 Å². The summed E-state index contributed by atoms with van der Waals surface area (Å²) >= 11 is 0. The summed E-state index contributed by atoms with van der Waals surface area (Å²) in [6, 6.07) is 16.6. The maximum atomic E-state index is 12.9. The third-order valence-electron chi connectivity index (χ3n) is 4.33. The van der Waals surface area contributed by atoms with Crippen molar-refractivity contribution in [1.82, 2.24) is 15.0 Å². The Morgan fingerprint density at radius 3 is 2.31 bits per heavy atom. The van der Waals surface area contributed by atoms with Crippen molar-refractivity contribution in [2.45, 2.75) is 32.9 Å². The van der Waals surface area contributed by atoms with E-state index in [-0.39, 0.29) is 19.1 Å². The van der Waals surface area contributed by atoms with Gasteiger partial charge in [-0.05, 0) is 45.0 Å². The number of nitrogens with zero attached hydrogens (tertiary/aromatic N) is 3. The first-order chi connectivity index (χ1) is 13.9. The van der Waals surface area contributed by atoms with E-state index in [0.29, 0.717) is 17.5 Å². The van der Waals surface area contributed by atoms with Gasteiger partial charge >= 0.3 is 0 Å². The number of benzene rings is 2. The van der Waals surface area contributed by atoms with Crippen LogP contribution < -0.4 is 9.47 Å². The number of carbonyl (C=O) groups is 1. The number of aromatic nitrogens is 2. The third kappa shape index (κ3) is 5.34. The normalized spacial score (nSPS) is 11.2. The third-order valence-corrected chi connectivity index (χ3v) is 4.33. The van der Waals surface area contributed by atoms with Crippen LogP contribution in [0, 0.1) is 0 Å². The SMILES string of the molecule is COc1ccc(OCC(=O)N(Cc2nc(-c3ccccc3)no2)C(C)(C)C)cc1. The first-order valence-corrected chi connectivity index (χ1v) is 9.32. The molecule has 7 nitrogen and oxygen atoms in total. The second-order valence-corrected chi connectivity index (χ2v) is 7.49. The predicted octanol–water partition coefficient (Wildman–Crippen LogP) is 3.95. The van der Waals surface area contributed by atoms with Crippen LogP contribution in [0.15, 0.2) is 59.1 Å². The van der Waals surface area contributed by atoms with Crippen molar-refractivity contribution in [1.29, 1.82) is 0 Å². The molecule has 152 valence electrons. The summed E-state index contributed by atoms with van der Waals surface area (Å²) in [4.78, 5) is 18.9. The van der Waals surface area contributed by atoms with Gasteiger partial charge in [0.1, 0.15) is 18.0 Å². The Morgan fingerprint density at radius 2 is 1.69 bits per heavy atom. The molecule has 0 bridgehead atoms. The molecule has 7 heteroatoms. The van der Waals surface area contributed by atoms with Crippen LogP contribution in [0.4, 0.5) is 0 Å². The molecular weight excluding hydrogens is 370 g/mol. The van der Waals surface area contributed by atoms with Crippen LogP contribution in [0.3, 0.4) is 0 Å². The van der Waals surface area contributed by atoms with Gasteiger partial charge in [0.25, 0.3) is 5.91 Å². The summed E-state index contributed by atoms with van der Waals surface area (Å²) in [6.45, 7) is 5.96. The highest BCUT2D eigenvalue weighted by Gasteiger charge is 2.29. The first-order valence-electron chi connectivity index (χ1n) is 9.32. The lowest BCUT2D eigenvalue weighted by molar-refractivity contribution is -0.139. The zero-order valence-electron chi connectivity index (χ0n) is 17.1. The molecule has 3 aromatic rings. The first kappa shape index (κ1) is 20.4. The summed E-state index contributed by atoms with van der Waals surface area (Å²) in [7, 11) is 1.60. The Bertz CT molecular complexity index is 931. The van der Waals surface area contributed by atoms with Gasteiger partial charge in [-0.15, -0.1) is 0 Å². The van der Waals surface area contributed by atoms with Crippen LogP contribution in [-0.2, 0) is 11.3 Å². The summed E-state index contributed by atoms with van der Waals surface area (Å²) in [6.07, 6.45) is 0. The fourth-order valence-electron chi connectivity index (χ4n) is 2.75. The molecule has 29 heavy (non-hydrogen) atoms. The number of hydrogen-bond acceptors (Lipinski definition) is 6. The fourth-order valence-corrected chi connectivity index (χ4v) is 2.75. The second kappa shape index (κ2) is 8.77. The Balaban J connectivity index is 1.67. The molecule has 0 aliphatic rings. The predicted molar refractivity (Wildman–Crippen MR) is 109 cm³/mol. The molecule has 0 aliphatic carbocycles. The van der Waals surface area contributed by atoms with Gasteiger partial charge in [-0.1, -0.05) is 35.5 Å². The molecule has 0 saturated carbocycles. The average molecular weight is 395 g/mol. The van der Waals surface area contributed by atoms with E-state index in [4.69, 9.17) is 14.0 Å². The molecule has 1 heterocycles. The van der Waals surface area contributed by atoms with Crippen molar-refractivity contribution in [3.63, 3.8) is 0 Å². The second-order valence-electron chi connectivity index (χ2n) is 7.49. The summed E-state index contributed by atoms with van der Waals surface area (Å²) in [5, 5.41) is 4.02. The summed E-state index contributed by atoms with van der Waals surface area (Å²) in [5.74, 6) is 2.02. The van der Waals surface area contributed by atoms with Crippen molar-refractivity contribution in [2.75, 3.05) is 13.7 Å². The van der Waals surface area contributed by atoms with Crippen molar-refractivity contribution in [2.24, 2.45) is 0 Å². The molecule has 0 aliphatic heterocycles. The summed E-state index contributed by atoms with van der Waals surface area (Å²) in [5.41, 5.74) is 0.417. The number of carbonyl (C=O) groups excluding carboxylic acids is 1. The van der Waals surface area contributed by atoms with E-state index < -0.39 is 5.54 Å². The van der Waals surface area contributed by atoms with Crippen LogP contribution in [0.2, 0.25) is 0 Å². The molecule has 0 fully saturated rings. The molecule has 0 atom stereocenters. The molecule has 0 N–H and O–H groups in total. The minimum Gasteiger partial charge on any atom is -0.497 e. The average Bonchev–Trinajstić information content (AvgIpc) is 3.19. The smallest absolute Gasteiger partial charge is 0.261 e. The van der Waals surface area contributed by atoms with Gasteiger partial charge < -0.3 is 18.9 Å². The molecule has 3 rings (SSSR count). The van der Waals surface area contributed by atoms with Gasteiger partial charge in [-0.25, -0.2) is 0 Å². The van der Waals surface area contributed by atoms with E-state index in [1.54, 1.807) is 36.3 Å². The van der Waals surface area contributed by atoms with E-state index in [9.17, 15) is 4.79 Å². The Labute approximate surface area is 170 Å². The maximum Gasteiger partial charge on any atom is 0.261 e. The highest BCUT2D eigenvalue weighted by molar-refractivity contribution is 5.78. The lowest BCUT2D eigenvalue weighted by Gasteiger charge is -2.34. The Morgan fingerprint density at radius 1 is 1.03 bits per heavy atom. The van der Waals surface area contributed by atoms with E-state index in [0.717, 1.165) is 11.3 Å². The minimum atomic E-state index is -0.443. The van der Waals surface area contributed by atoms with E-state index in [1.807, 2.05) is 51.1 Å². The Hall–Kier alpha value is -3.35.